The molecule has 1 amide bonds. The molecule has 0 aromatic heterocycles. The van der Waals surface area contributed by atoms with Crippen LogP contribution in [0.4, 0.5) is 0 Å². The van der Waals surface area contributed by atoms with Crippen molar-refractivity contribution in [3.8, 4) is 0 Å². The Bertz CT molecular complexity index is 413. The molecule has 21 heavy (non-hydrogen) atoms. The zero-order valence-electron chi connectivity index (χ0n) is 14.1. The van der Waals surface area contributed by atoms with Crippen LogP contribution in [-0.2, 0) is 14.3 Å². The molecule has 0 unspecified atom stereocenters. The van der Waals surface area contributed by atoms with Crippen LogP contribution in [0, 0.1) is 16.7 Å². The summed E-state index contributed by atoms with van der Waals surface area (Å²) in [5, 5.41) is 0. The molecule has 3 aliphatic rings. The van der Waals surface area contributed by atoms with Gasteiger partial charge in [0.1, 0.15) is 0 Å². The second-order valence-corrected chi connectivity index (χ2v) is 8.16. The lowest BCUT2D eigenvalue weighted by Gasteiger charge is -2.39. The van der Waals surface area contributed by atoms with Gasteiger partial charge in [0.25, 0.3) is 0 Å². The van der Waals surface area contributed by atoms with Gasteiger partial charge in [0.2, 0.25) is 5.91 Å². The Morgan fingerprint density at radius 2 is 1.48 bits per heavy atom. The first kappa shape index (κ1) is 15.3. The van der Waals surface area contributed by atoms with Crippen LogP contribution in [-0.4, -0.2) is 42.9 Å². The molecule has 120 valence electrons. The second-order valence-electron chi connectivity index (χ2n) is 8.16. The Morgan fingerprint density at radius 3 is 1.90 bits per heavy atom. The van der Waals surface area contributed by atoms with Crippen LogP contribution >= 0.6 is 0 Å². The number of hydrogen-bond acceptors (Lipinski definition) is 3. The van der Waals surface area contributed by atoms with Crippen molar-refractivity contribution in [3.63, 3.8) is 0 Å². The Kier molecular flexibility index (Phi) is 3.42. The standard InChI is InChI=1S/C17H29NO3/c1-15(2)13(16(15,3)4)14(19)18(5)12-6-8-17(9-7-12)20-10-11-21-17/h12-13H,6-11H2,1-5H3. The molecule has 0 aromatic rings. The summed E-state index contributed by atoms with van der Waals surface area (Å²) in [7, 11) is 1.98. The zero-order valence-corrected chi connectivity index (χ0v) is 14.1. The van der Waals surface area contributed by atoms with E-state index in [9.17, 15) is 4.79 Å². The zero-order chi connectivity index (χ0) is 15.5. The van der Waals surface area contributed by atoms with Gasteiger partial charge in [-0.25, -0.2) is 0 Å². The molecule has 0 bridgehead atoms. The van der Waals surface area contributed by atoms with Gasteiger partial charge in [-0.15, -0.1) is 0 Å². The van der Waals surface area contributed by atoms with E-state index in [1.165, 1.54) is 0 Å². The van der Waals surface area contributed by atoms with E-state index < -0.39 is 0 Å². The highest BCUT2D eigenvalue weighted by Gasteiger charge is 2.68. The van der Waals surface area contributed by atoms with E-state index in [0.717, 1.165) is 25.7 Å². The van der Waals surface area contributed by atoms with Gasteiger partial charge in [-0.2, -0.15) is 0 Å². The first-order valence-electron chi connectivity index (χ1n) is 8.26. The summed E-state index contributed by atoms with van der Waals surface area (Å²) in [6.07, 6.45) is 3.78. The molecule has 0 radical (unpaired) electrons. The van der Waals surface area contributed by atoms with Crippen molar-refractivity contribution < 1.29 is 14.3 Å². The number of nitrogens with zero attached hydrogens (tertiary/aromatic N) is 1. The Balaban J connectivity index is 1.60. The Labute approximate surface area is 128 Å². The van der Waals surface area contributed by atoms with Crippen molar-refractivity contribution in [1.82, 2.24) is 4.90 Å². The summed E-state index contributed by atoms with van der Waals surface area (Å²) in [6, 6.07) is 0.336. The molecule has 4 heteroatoms. The number of hydrogen-bond donors (Lipinski definition) is 0. The summed E-state index contributed by atoms with van der Waals surface area (Å²) >= 11 is 0. The Hall–Kier alpha value is -0.610. The molecule has 3 fully saturated rings. The van der Waals surface area contributed by atoms with Gasteiger partial charge in [-0.1, -0.05) is 27.7 Å². The van der Waals surface area contributed by atoms with Gasteiger partial charge in [-0.05, 0) is 23.7 Å². The maximum atomic E-state index is 12.8. The van der Waals surface area contributed by atoms with Crippen LogP contribution in [0.1, 0.15) is 53.4 Å². The molecule has 1 saturated heterocycles. The lowest BCUT2D eigenvalue weighted by Crippen LogP contribution is -2.45. The van der Waals surface area contributed by atoms with E-state index in [0.29, 0.717) is 25.2 Å². The summed E-state index contributed by atoms with van der Waals surface area (Å²) in [6.45, 7) is 10.3. The van der Waals surface area contributed by atoms with Gasteiger partial charge in [-0.3, -0.25) is 4.79 Å². The molecular formula is C17H29NO3. The average Bonchev–Trinajstić information content (AvgIpc) is 2.76. The largest absolute Gasteiger partial charge is 0.348 e. The van der Waals surface area contributed by atoms with Crippen LogP contribution in [0.3, 0.4) is 0 Å². The SMILES string of the molecule is CN(C(=O)C1C(C)(C)C1(C)C)C1CCC2(CC1)OCCO2. The van der Waals surface area contributed by atoms with Crippen LogP contribution in [0.2, 0.25) is 0 Å². The van der Waals surface area contributed by atoms with E-state index in [1.54, 1.807) is 0 Å². The molecule has 1 aliphatic heterocycles. The third-order valence-corrected chi connectivity index (χ3v) is 6.69. The summed E-state index contributed by atoms with van der Waals surface area (Å²) in [5.41, 5.74) is 0.234. The monoisotopic (exact) mass is 295 g/mol. The summed E-state index contributed by atoms with van der Waals surface area (Å²) in [5.74, 6) is 0.141. The quantitative estimate of drug-likeness (QED) is 0.786. The van der Waals surface area contributed by atoms with Crippen LogP contribution < -0.4 is 0 Å². The van der Waals surface area contributed by atoms with E-state index in [2.05, 4.69) is 27.7 Å². The summed E-state index contributed by atoms with van der Waals surface area (Å²) < 4.78 is 11.5. The van der Waals surface area contributed by atoms with Gasteiger partial charge in [0.05, 0.1) is 13.2 Å². The number of carbonyl (C=O) groups is 1. The van der Waals surface area contributed by atoms with Crippen LogP contribution in [0.15, 0.2) is 0 Å². The van der Waals surface area contributed by atoms with Crippen molar-refractivity contribution in [2.45, 2.75) is 65.2 Å². The average molecular weight is 295 g/mol. The minimum atomic E-state index is -0.335. The molecule has 4 nitrogen and oxygen atoms in total. The maximum Gasteiger partial charge on any atom is 0.226 e. The molecule has 2 saturated carbocycles. The highest BCUT2D eigenvalue weighted by molar-refractivity contribution is 5.84. The van der Waals surface area contributed by atoms with E-state index in [1.807, 2.05) is 11.9 Å². The first-order valence-corrected chi connectivity index (χ1v) is 8.26. The van der Waals surface area contributed by atoms with Crippen molar-refractivity contribution in [2.24, 2.45) is 16.7 Å². The second kappa shape index (κ2) is 4.69. The van der Waals surface area contributed by atoms with Crippen LogP contribution in [0.25, 0.3) is 0 Å². The lowest BCUT2D eigenvalue weighted by atomic mass is 9.89. The predicted octanol–water partition coefficient (Wildman–Crippen LogP) is 2.81. The van der Waals surface area contributed by atoms with E-state index in [4.69, 9.17) is 9.47 Å². The van der Waals surface area contributed by atoms with E-state index in [-0.39, 0.29) is 22.5 Å². The topological polar surface area (TPSA) is 38.8 Å². The van der Waals surface area contributed by atoms with Crippen molar-refractivity contribution in [1.29, 1.82) is 0 Å². The third kappa shape index (κ3) is 2.22. The molecule has 1 heterocycles. The smallest absolute Gasteiger partial charge is 0.226 e. The third-order valence-electron chi connectivity index (χ3n) is 6.69. The first-order chi connectivity index (χ1) is 9.71. The van der Waals surface area contributed by atoms with E-state index >= 15 is 0 Å². The van der Waals surface area contributed by atoms with Crippen molar-refractivity contribution in [2.75, 3.05) is 20.3 Å². The molecule has 1 spiro atoms. The molecule has 3 rings (SSSR count). The number of carbonyl (C=O) groups excluding carboxylic acids is 1. The highest BCUT2D eigenvalue weighted by Crippen LogP contribution is 2.68. The number of ether oxygens (including phenoxy) is 2. The molecule has 2 aliphatic carbocycles. The van der Waals surface area contributed by atoms with Gasteiger partial charge in [0.15, 0.2) is 5.79 Å². The number of rotatable bonds is 2. The Morgan fingerprint density at radius 1 is 1.00 bits per heavy atom. The fourth-order valence-electron chi connectivity index (χ4n) is 4.41. The van der Waals surface area contributed by atoms with Crippen LogP contribution in [0.5, 0.6) is 0 Å². The van der Waals surface area contributed by atoms with Gasteiger partial charge >= 0.3 is 0 Å². The highest BCUT2D eigenvalue weighted by atomic mass is 16.7. The fourth-order valence-corrected chi connectivity index (χ4v) is 4.41. The molecule has 0 aromatic carbocycles. The van der Waals surface area contributed by atoms with Gasteiger partial charge < -0.3 is 14.4 Å². The number of amides is 1. The predicted molar refractivity (Wildman–Crippen MR) is 80.7 cm³/mol. The van der Waals surface area contributed by atoms with Crippen molar-refractivity contribution >= 4 is 5.91 Å². The molecule has 0 atom stereocenters. The molecule has 0 N–H and O–H groups in total. The normalized spacial score (nSPS) is 30.5. The summed E-state index contributed by atoms with van der Waals surface area (Å²) in [4.78, 5) is 14.8. The minimum Gasteiger partial charge on any atom is -0.348 e. The van der Waals surface area contributed by atoms with Crippen molar-refractivity contribution in [3.05, 3.63) is 0 Å². The maximum absolute atomic E-state index is 12.8. The minimum absolute atomic E-state index is 0.117. The molecular weight excluding hydrogens is 266 g/mol. The fraction of sp³-hybridized carbons (Fsp3) is 0.941. The lowest BCUT2D eigenvalue weighted by molar-refractivity contribution is -0.184. The van der Waals surface area contributed by atoms with Gasteiger partial charge in [0, 0.05) is 31.8 Å².